The van der Waals surface area contributed by atoms with Gasteiger partial charge in [0.25, 0.3) is 5.91 Å². The zero-order chi connectivity index (χ0) is 8.43. The molecule has 0 aromatic rings. The molecule has 1 unspecified atom stereocenters. The highest BCUT2D eigenvalue weighted by Gasteiger charge is 2.35. The van der Waals surface area contributed by atoms with Crippen molar-refractivity contribution in [2.24, 2.45) is 0 Å². The van der Waals surface area contributed by atoms with E-state index >= 15 is 0 Å². The van der Waals surface area contributed by atoms with Crippen molar-refractivity contribution >= 4 is 11.9 Å². The van der Waals surface area contributed by atoms with Crippen molar-refractivity contribution in [2.45, 2.75) is 6.23 Å². The Hall–Kier alpha value is -1.36. The van der Waals surface area contributed by atoms with Crippen molar-refractivity contribution in [1.82, 2.24) is 10.2 Å². The third-order valence-electron chi connectivity index (χ3n) is 1.35. The van der Waals surface area contributed by atoms with Crippen LogP contribution in [-0.4, -0.2) is 34.7 Å². The number of urea groups is 1. The lowest BCUT2D eigenvalue weighted by Crippen LogP contribution is -2.34. The molecule has 11 heavy (non-hydrogen) atoms. The van der Waals surface area contributed by atoms with Gasteiger partial charge < -0.3 is 5.11 Å². The molecule has 1 fully saturated rings. The first-order valence-electron chi connectivity index (χ1n) is 3.07. The largest absolute Gasteiger partial charge is 0.365 e. The first-order valence-corrected chi connectivity index (χ1v) is 3.07. The van der Waals surface area contributed by atoms with Crippen LogP contribution in [-0.2, 0) is 4.79 Å². The summed E-state index contributed by atoms with van der Waals surface area (Å²) < 4.78 is 0. The monoisotopic (exact) mass is 156 g/mol. The number of nitrogens with zero attached hydrogens (tertiary/aromatic N) is 1. The summed E-state index contributed by atoms with van der Waals surface area (Å²) in [5.41, 5.74) is 0. The lowest BCUT2D eigenvalue weighted by molar-refractivity contribution is -0.130. The van der Waals surface area contributed by atoms with Crippen molar-refractivity contribution in [3.8, 4) is 0 Å². The average molecular weight is 156 g/mol. The van der Waals surface area contributed by atoms with Gasteiger partial charge in [-0.1, -0.05) is 6.08 Å². The van der Waals surface area contributed by atoms with Crippen molar-refractivity contribution in [3.05, 3.63) is 12.7 Å². The van der Waals surface area contributed by atoms with Crippen LogP contribution >= 0.6 is 0 Å². The van der Waals surface area contributed by atoms with Gasteiger partial charge in [0.1, 0.15) is 0 Å². The number of rotatable bonds is 2. The Morgan fingerprint density at radius 2 is 2.36 bits per heavy atom. The van der Waals surface area contributed by atoms with E-state index in [2.05, 4.69) is 6.58 Å². The topological polar surface area (TPSA) is 69.6 Å². The first kappa shape index (κ1) is 7.74. The number of hydrogen-bond donors (Lipinski definition) is 2. The minimum atomic E-state index is -1.36. The molecule has 1 heterocycles. The van der Waals surface area contributed by atoms with Crippen LogP contribution in [0.3, 0.4) is 0 Å². The maximum Gasteiger partial charge on any atom is 0.326 e. The summed E-state index contributed by atoms with van der Waals surface area (Å²) in [6.07, 6.45) is 0.0713. The molecule has 1 aliphatic rings. The second kappa shape index (κ2) is 2.71. The molecule has 1 saturated heterocycles. The predicted octanol–water partition coefficient (Wildman–Crippen LogP) is -0.957. The Morgan fingerprint density at radius 1 is 1.73 bits per heavy atom. The Labute approximate surface area is 63.3 Å². The number of carbonyl (C=O) groups is 2. The maximum atomic E-state index is 10.8. The molecule has 0 bridgehead atoms. The highest BCUT2D eigenvalue weighted by molar-refractivity contribution is 6.03. The molecule has 1 aliphatic heterocycles. The number of amides is 3. The van der Waals surface area contributed by atoms with Crippen molar-refractivity contribution in [2.75, 3.05) is 6.54 Å². The molecule has 0 aromatic carbocycles. The Kier molecular flexibility index (Phi) is 1.91. The highest BCUT2D eigenvalue weighted by Crippen LogP contribution is 2.04. The van der Waals surface area contributed by atoms with E-state index < -0.39 is 18.2 Å². The summed E-state index contributed by atoms with van der Waals surface area (Å²) in [5, 5.41) is 11.0. The second-order valence-corrected chi connectivity index (χ2v) is 2.11. The van der Waals surface area contributed by atoms with Gasteiger partial charge in [-0.3, -0.25) is 15.0 Å². The minimum absolute atomic E-state index is 0.165. The van der Waals surface area contributed by atoms with E-state index in [0.717, 1.165) is 4.90 Å². The van der Waals surface area contributed by atoms with E-state index in [1.807, 2.05) is 5.32 Å². The van der Waals surface area contributed by atoms with E-state index in [1.165, 1.54) is 6.08 Å². The van der Waals surface area contributed by atoms with Gasteiger partial charge in [0.2, 0.25) is 6.23 Å². The molecule has 0 aromatic heterocycles. The minimum Gasteiger partial charge on any atom is -0.365 e. The number of imide groups is 1. The lowest BCUT2D eigenvalue weighted by Gasteiger charge is -2.13. The average Bonchev–Trinajstić information content (AvgIpc) is 2.17. The molecular weight excluding hydrogens is 148 g/mol. The fourth-order valence-corrected chi connectivity index (χ4v) is 0.816. The van der Waals surface area contributed by atoms with Gasteiger partial charge in [-0.25, -0.2) is 4.79 Å². The van der Waals surface area contributed by atoms with Crippen LogP contribution in [0.5, 0.6) is 0 Å². The molecule has 0 aliphatic carbocycles. The van der Waals surface area contributed by atoms with Gasteiger partial charge in [-0.15, -0.1) is 6.58 Å². The zero-order valence-electron chi connectivity index (χ0n) is 5.78. The summed E-state index contributed by atoms with van der Waals surface area (Å²) in [7, 11) is 0. The molecule has 0 saturated carbocycles. The number of carbonyl (C=O) groups excluding carboxylic acids is 2. The normalized spacial score (nSPS) is 23.7. The highest BCUT2D eigenvalue weighted by atomic mass is 16.3. The quantitative estimate of drug-likeness (QED) is 0.399. The van der Waals surface area contributed by atoms with Gasteiger partial charge in [0.05, 0.1) is 0 Å². The van der Waals surface area contributed by atoms with Gasteiger partial charge in [-0.05, 0) is 0 Å². The van der Waals surface area contributed by atoms with Crippen molar-refractivity contribution in [1.29, 1.82) is 0 Å². The zero-order valence-corrected chi connectivity index (χ0v) is 5.78. The molecule has 0 radical (unpaired) electrons. The summed E-state index contributed by atoms with van der Waals surface area (Å²) in [6, 6.07) is -0.581. The molecule has 5 nitrogen and oxygen atoms in total. The number of aliphatic hydroxyl groups is 1. The molecular formula is C6H8N2O3. The standard InChI is InChI=1S/C6H8N2O3/c1-2-3-8-5(10)4(9)7-6(8)11/h2,5,10H,1,3H2,(H,7,9,11). The number of aliphatic hydroxyl groups excluding tert-OH is 1. The Balaban J connectivity index is 2.70. The molecule has 1 atom stereocenters. The first-order chi connectivity index (χ1) is 5.16. The van der Waals surface area contributed by atoms with Crippen LogP contribution in [0.15, 0.2) is 12.7 Å². The van der Waals surface area contributed by atoms with Crippen molar-refractivity contribution in [3.63, 3.8) is 0 Å². The summed E-state index contributed by atoms with van der Waals surface area (Å²) in [4.78, 5) is 22.4. The smallest absolute Gasteiger partial charge is 0.326 e. The predicted molar refractivity (Wildman–Crippen MR) is 36.4 cm³/mol. The van der Waals surface area contributed by atoms with Gasteiger partial charge in [0.15, 0.2) is 0 Å². The lowest BCUT2D eigenvalue weighted by atomic mass is 10.5. The van der Waals surface area contributed by atoms with Gasteiger partial charge in [0, 0.05) is 6.54 Å². The van der Waals surface area contributed by atoms with Gasteiger partial charge >= 0.3 is 6.03 Å². The van der Waals surface area contributed by atoms with Crippen LogP contribution in [0.25, 0.3) is 0 Å². The molecule has 3 amide bonds. The Bertz CT molecular complexity index is 214. The molecule has 0 spiro atoms. The molecule has 60 valence electrons. The fourth-order valence-electron chi connectivity index (χ4n) is 0.816. The van der Waals surface area contributed by atoms with E-state index in [4.69, 9.17) is 5.11 Å². The summed E-state index contributed by atoms with van der Waals surface area (Å²) >= 11 is 0. The molecule has 1 rings (SSSR count). The van der Waals surface area contributed by atoms with Crippen LogP contribution in [0.2, 0.25) is 0 Å². The third kappa shape index (κ3) is 1.22. The molecule has 2 N–H and O–H groups in total. The summed E-state index contributed by atoms with van der Waals surface area (Å²) in [6.45, 7) is 3.54. The maximum absolute atomic E-state index is 10.8. The SMILES string of the molecule is C=CCN1C(=O)NC(=O)C1O. The number of hydrogen-bond acceptors (Lipinski definition) is 3. The third-order valence-corrected chi connectivity index (χ3v) is 1.35. The van der Waals surface area contributed by atoms with Crippen LogP contribution in [0.1, 0.15) is 0 Å². The van der Waals surface area contributed by atoms with E-state index in [0.29, 0.717) is 0 Å². The summed E-state index contributed by atoms with van der Waals surface area (Å²) in [5.74, 6) is -0.683. The van der Waals surface area contributed by atoms with Crippen LogP contribution in [0.4, 0.5) is 4.79 Å². The van der Waals surface area contributed by atoms with E-state index in [1.54, 1.807) is 0 Å². The van der Waals surface area contributed by atoms with Crippen molar-refractivity contribution < 1.29 is 14.7 Å². The second-order valence-electron chi connectivity index (χ2n) is 2.11. The Morgan fingerprint density at radius 3 is 2.73 bits per heavy atom. The van der Waals surface area contributed by atoms with E-state index in [-0.39, 0.29) is 6.54 Å². The van der Waals surface area contributed by atoms with Gasteiger partial charge in [-0.2, -0.15) is 0 Å². The van der Waals surface area contributed by atoms with E-state index in [9.17, 15) is 9.59 Å². The number of nitrogens with one attached hydrogen (secondary N) is 1. The molecule has 5 heteroatoms. The van der Waals surface area contributed by atoms with Crippen LogP contribution < -0.4 is 5.32 Å². The van der Waals surface area contributed by atoms with Crippen LogP contribution in [0, 0.1) is 0 Å². The fraction of sp³-hybridized carbons (Fsp3) is 0.333.